The predicted molar refractivity (Wildman–Crippen MR) is 76.6 cm³/mol. The molecule has 2 aromatic heterocycles. The first-order valence-electron chi connectivity index (χ1n) is 6.17. The zero-order chi connectivity index (χ0) is 15.0. The normalized spacial score (nSPS) is 11.0. The molecule has 0 saturated heterocycles. The van der Waals surface area contributed by atoms with Crippen molar-refractivity contribution in [2.24, 2.45) is 0 Å². The molecular formula is C14H11N3O3S. The molecule has 3 rings (SSSR count). The largest absolute Gasteiger partial charge is 0.476 e. The number of fused-ring (bicyclic) bond motifs is 1. The van der Waals surface area contributed by atoms with Crippen LogP contribution in [-0.4, -0.2) is 26.3 Å². The Bertz CT molecular complexity index is 825. The Kier molecular flexibility index (Phi) is 3.34. The van der Waals surface area contributed by atoms with Crippen molar-refractivity contribution < 1.29 is 14.3 Å². The van der Waals surface area contributed by atoms with E-state index < -0.39 is 5.97 Å². The van der Waals surface area contributed by atoms with Crippen LogP contribution in [0, 0.1) is 13.8 Å². The van der Waals surface area contributed by atoms with Gasteiger partial charge in [0.1, 0.15) is 5.76 Å². The lowest BCUT2D eigenvalue weighted by atomic mass is 10.2. The van der Waals surface area contributed by atoms with Gasteiger partial charge in [0.05, 0.1) is 16.1 Å². The fourth-order valence-electron chi connectivity index (χ4n) is 1.85. The number of rotatable bonds is 3. The molecule has 0 unspecified atom stereocenters. The van der Waals surface area contributed by atoms with Gasteiger partial charge in [-0.1, -0.05) is 18.2 Å². The van der Waals surface area contributed by atoms with Crippen LogP contribution >= 0.6 is 11.8 Å². The summed E-state index contributed by atoms with van der Waals surface area (Å²) in [6, 6.07) is 7.24. The Labute approximate surface area is 124 Å². The van der Waals surface area contributed by atoms with E-state index in [-0.39, 0.29) is 5.69 Å². The molecule has 0 radical (unpaired) electrons. The highest BCUT2D eigenvalue weighted by molar-refractivity contribution is 7.99. The van der Waals surface area contributed by atoms with Gasteiger partial charge in [0.15, 0.2) is 5.69 Å². The molecule has 0 atom stereocenters. The fourth-order valence-corrected chi connectivity index (χ4v) is 2.88. The number of hydrogen-bond acceptors (Lipinski definition) is 6. The van der Waals surface area contributed by atoms with Crippen LogP contribution in [0.4, 0.5) is 0 Å². The molecule has 0 saturated carbocycles. The third kappa shape index (κ3) is 2.47. The minimum absolute atomic E-state index is 0.104. The highest BCUT2D eigenvalue weighted by Crippen LogP contribution is 2.35. The maximum Gasteiger partial charge on any atom is 0.357 e. The van der Waals surface area contributed by atoms with Crippen molar-refractivity contribution >= 4 is 28.6 Å². The van der Waals surface area contributed by atoms with Crippen molar-refractivity contribution in [3.05, 3.63) is 41.4 Å². The minimum atomic E-state index is -1.13. The van der Waals surface area contributed by atoms with Gasteiger partial charge in [-0.05, 0) is 31.7 Å². The highest BCUT2D eigenvalue weighted by Gasteiger charge is 2.20. The maximum absolute atomic E-state index is 11.4. The first-order chi connectivity index (χ1) is 10.1. The van der Waals surface area contributed by atoms with E-state index in [1.165, 1.54) is 0 Å². The summed E-state index contributed by atoms with van der Waals surface area (Å²) in [6.07, 6.45) is 0. The summed E-state index contributed by atoms with van der Waals surface area (Å²) in [4.78, 5) is 16.1. The lowest BCUT2D eigenvalue weighted by Crippen LogP contribution is -2.05. The summed E-state index contributed by atoms with van der Waals surface area (Å²) in [5.74, 6) is -0.420. The molecule has 1 aromatic carbocycles. The van der Waals surface area contributed by atoms with Crippen LogP contribution in [0.25, 0.3) is 10.9 Å². The monoisotopic (exact) mass is 301 g/mol. The fraction of sp³-hybridized carbons (Fsp3) is 0.143. The van der Waals surface area contributed by atoms with Crippen LogP contribution < -0.4 is 0 Å². The third-order valence-electron chi connectivity index (χ3n) is 3.02. The van der Waals surface area contributed by atoms with Gasteiger partial charge in [0, 0.05) is 5.39 Å². The van der Waals surface area contributed by atoms with E-state index in [1.54, 1.807) is 12.1 Å². The summed E-state index contributed by atoms with van der Waals surface area (Å²) in [5, 5.41) is 18.1. The number of aromatic carboxylic acids is 1. The SMILES string of the molecule is Cc1nc(Sc2c(C(=O)O)nnc3ccccc23)oc1C. The maximum atomic E-state index is 11.4. The molecule has 106 valence electrons. The summed E-state index contributed by atoms with van der Waals surface area (Å²) >= 11 is 1.15. The Balaban J connectivity index is 2.18. The molecule has 3 aromatic rings. The van der Waals surface area contributed by atoms with E-state index >= 15 is 0 Å². The quantitative estimate of drug-likeness (QED) is 0.795. The van der Waals surface area contributed by atoms with Crippen LogP contribution in [0.1, 0.15) is 21.9 Å². The Morgan fingerprint density at radius 2 is 2.00 bits per heavy atom. The van der Waals surface area contributed by atoms with Crippen molar-refractivity contribution in [2.75, 3.05) is 0 Å². The minimum Gasteiger partial charge on any atom is -0.476 e. The van der Waals surface area contributed by atoms with Crippen LogP contribution in [0.2, 0.25) is 0 Å². The second-order valence-electron chi connectivity index (χ2n) is 4.42. The first kappa shape index (κ1) is 13.6. The van der Waals surface area contributed by atoms with Crippen molar-refractivity contribution in [1.82, 2.24) is 15.2 Å². The zero-order valence-electron chi connectivity index (χ0n) is 11.3. The second kappa shape index (κ2) is 5.17. The summed E-state index contributed by atoms with van der Waals surface area (Å²) in [5.41, 5.74) is 1.30. The number of nitrogens with zero attached hydrogens (tertiary/aromatic N) is 3. The molecule has 7 heteroatoms. The first-order valence-corrected chi connectivity index (χ1v) is 6.98. The number of oxazole rings is 1. The Morgan fingerprint density at radius 3 is 2.67 bits per heavy atom. The van der Waals surface area contributed by atoms with E-state index in [9.17, 15) is 9.90 Å². The van der Waals surface area contributed by atoms with Gasteiger partial charge in [-0.2, -0.15) is 0 Å². The molecule has 6 nitrogen and oxygen atoms in total. The van der Waals surface area contributed by atoms with Gasteiger partial charge in [-0.3, -0.25) is 0 Å². The van der Waals surface area contributed by atoms with Crippen LogP contribution in [0.15, 0.2) is 38.8 Å². The van der Waals surface area contributed by atoms with Crippen LogP contribution in [-0.2, 0) is 0 Å². The number of aromatic nitrogens is 3. The van der Waals surface area contributed by atoms with Gasteiger partial charge in [0.25, 0.3) is 5.22 Å². The molecule has 0 aliphatic rings. The van der Waals surface area contributed by atoms with E-state index in [4.69, 9.17) is 4.42 Å². The third-order valence-corrected chi connectivity index (χ3v) is 3.99. The van der Waals surface area contributed by atoms with Gasteiger partial charge in [-0.15, -0.1) is 10.2 Å². The molecule has 0 bridgehead atoms. The number of aryl methyl sites for hydroxylation is 2. The lowest BCUT2D eigenvalue weighted by Gasteiger charge is -2.05. The van der Waals surface area contributed by atoms with Crippen LogP contribution in [0.3, 0.4) is 0 Å². The zero-order valence-corrected chi connectivity index (χ0v) is 12.1. The van der Waals surface area contributed by atoms with Crippen molar-refractivity contribution in [3.63, 3.8) is 0 Å². The van der Waals surface area contributed by atoms with E-state index in [0.717, 1.165) is 17.5 Å². The van der Waals surface area contributed by atoms with Gasteiger partial charge < -0.3 is 9.52 Å². The topological polar surface area (TPSA) is 89.1 Å². The molecule has 21 heavy (non-hydrogen) atoms. The smallest absolute Gasteiger partial charge is 0.357 e. The average molecular weight is 301 g/mol. The molecule has 2 heterocycles. The number of carboxylic acids is 1. The molecule has 1 N–H and O–H groups in total. The number of carboxylic acid groups (broad SMARTS) is 1. The van der Waals surface area contributed by atoms with Crippen LogP contribution in [0.5, 0.6) is 0 Å². The lowest BCUT2D eigenvalue weighted by molar-refractivity contribution is 0.0685. The Morgan fingerprint density at radius 1 is 1.24 bits per heavy atom. The van der Waals surface area contributed by atoms with Gasteiger partial charge in [0.2, 0.25) is 0 Å². The van der Waals surface area contributed by atoms with E-state index in [0.29, 0.717) is 26.8 Å². The van der Waals surface area contributed by atoms with Gasteiger partial charge in [-0.25, -0.2) is 9.78 Å². The van der Waals surface area contributed by atoms with Gasteiger partial charge >= 0.3 is 5.97 Å². The van der Waals surface area contributed by atoms with Crippen molar-refractivity contribution in [1.29, 1.82) is 0 Å². The van der Waals surface area contributed by atoms with E-state index in [1.807, 2.05) is 26.0 Å². The number of benzene rings is 1. The van der Waals surface area contributed by atoms with E-state index in [2.05, 4.69) is 15.2 Å². The van der Waals surface area contributed by atoms with Crippen molar-refractivity contribution in [3.8, 4) is 0 Å². The molecule has 0 aliphatic heterocycles. The second-order valence-corrected chi connectivity index (χ2v) is 5.39. The summed E-state index contributed by atoms with van der Waals surface area (Å²) < 4.78 is 5.51. The number of carbonyl (C=O) groups is 1. The Hall–Kier alpha value is -2.41. The van der Waals surface area contributed by atoms with Crippen molar-refractivity contribution in [2.45, 2.75) is 24.0 Å². The summed E-state index contributed by atoms with van der Waals surface area (Å²) in [6.45, 7) is 3.65. The molecule has 0 amide bonds. The number of hydrogen-bond donors (Lipinski definition) is 1. The molecule has 0 fully saturated rings. The molecule has 0 aliphatic carbocycles. The molecule has 0 spiro atoms. The average Bonchev–Trinajstić information content (AvgIpc) is 2.77. The predicted octanol–water partition coefficient (Wildman–Crippen LogP) is 3.08. The standard InChI is InChI=1S/C14H11N3O3S/c1-7-8(2)20-14(15-7)21-12-9-5-3-4-6-10(9)16-17-11(12)13(18)19/h3-6H,1-2H3,(H,18,19). The molecular weight excluding hydrogens is 290 g/mol. The summed E-state index contributed by atoms with van der Waals surface area (Å²) in [7, 11) is 0. The highest BCUT2D eigenvalue weighted by atomic mass is 32.2.